The van der Waals surface area contributed by atoms with Crippen LogP contribution >= 0.6 is 0 Å². The van der Waals surface area contributed by atoms with Gasteiger partial charge in [-0.3, -0.25) is 4.79 Å². The Morgan fingerprint density at radius 2 is 1.79 bits per heavy atom. The molecule has 5 nitrogen and oxygen atoms in total. The molecule has 156 valence electrons. The van der Waals surface area contributed by atoms with E-state index in [1.165, 1.54) is 38.6 Å². The van der Waals surface area contributed by atoms with E-state index >= 15 is 0 Å². The van der Waals surface area contributed by atoms with E-state index in [-0.39, 0.29) is 11.9 Å². The lowest BCUT2D eigenvalue weighted by atomic mass is 9.88. The second kappa shape index (κ2) is 9.12. The largest absolute Gasteiger partial charge is 0.349 e. The Morgan fingerprint density at radius 3 is 2.52 bits per heavy atom. The van der Waals surface area contributed by atoms with E-state index in [2.05, 4.69) is 28.3 Å². The number of nitrogens with zero attached hydrogens (tertiary/aromatic N) is 3. The van der Waals surface area contributed by atoms with E-state index < -0.39 is 0 Å². The number of piperidine rings is 1. The molecule has 5 heteroatoms. The van der Waals surface area contributed by atoms with E-state index in [9.17, 15) is 4.79 Å². The molecule has 0 unspecified atom stereocenters. The Morgan fingerprint density at radius 1 is 1.07 bits per heavy atom. The molecule has 2 heterocycles. The van der Waals surface area contributed by atoms with Gasteiger partial charge in [0.2, 0.25) is 0 Å². The maximum absolute atomic E-state index is 12.9. The first-order valence-corrected chi connectivity index (χ1v) is 11.3. The zero-order valence-corrected chi connectivity index (χ0v) is 17.9. The Kier molecular flexibility index (Phi) is 6.34. The summed E-state index contributed by atoms with van der Waals surface area (Å²) in [6.07, 6.45) is 10.8. The average molecular weight is 395 g/mol. The molecule has 1 amide bonds. The number of carbonyl (C=O) groups is 1. The highest BCUT2D eigenvalue weighted by Crippen LogP contribution is 2.25. The number of carbonyl (C=O) groups excluding carboxylic acids is 1. The van der Waals surface area contributed by atoms with Gasteiger partial charge in [-0.15, -0.1) is 0 Å². The fraction of sp³-hybridized carbons (Fsp3) is 0.583. The van der Waals surface area contributed by atoms with Crippen LogP contribution in [0, 0.1) is 19.8 Å². The van der Waals surface area contributed by atoms with Gasteiger partial charge in [0.25, 0.3) is 5.91 Å². The second-order valence-corrected chi connectivity index (χ2v) is 8.89. The van der Waals surface area contributed by atoms with E-state index in [1.54, 1.807) is 6.20 Å². The summed E-state index contributed by atoms with van der Waals surface area (Å²) in [7, 11) is 0. The lowest BCUT2D eigenvalue weighted by molar-refractivity contribution is 0.0901. The third-order valence-electron chi connectivity index (χ3n) is 6.76. The Bertz CT molecular complexity index is 829. The van der Waals surface area contributed by atoms with Crippen molar-refractivity contribution in [1.82, 2.24) is 20.0 Å². The lowest BCUT2D eigenvalue weighted by Crippen LogP contribution is -2.46. The Labute approximate surface area is 174 Å². The predicted octanol–water partition coefficient (Wildman–Crippen LogP) is 4.26. The van der Waals surface area contributed by atoms with Gasteiger partial charge >= 0.3 is 0 Å². The first-order chi connectivity index (χ1) is 14.1. The first-order valence-electron chi connectivity index (χ1n) is 11.3. The van der Waals surface area contributed by atoms with Gasteiger partial charge in [-0.05, 0) is 57.1 Å². The van der Waals surface area contributed by atoms with Crippen LogP contribution in [0.3, 0.4) is 0 Å². The molecule has 1 aromatic heterocycles. The molecule has 1 aromatic carbocycles. The van der Waals surface area contributed by atoms with Crippen molar-refractivity contribution in [3.63, 3.8) is 0 Å². The molecule has 1 aliphatic carbocycles. The number of hydrogen-bond acceptors (Lipinski definition) is 3. The van der Waals surface area contributed by atoms with Gasteiger partial charge < -0.3 is 10.2 Å². The number of amides is 1. The van der Waals surface area contributed by atoms with Gasteiger partial charge in [0.05, 0.1) is 23.1 Å². The summed E-state index contributed by atoms with van der Waals surface area (Å²) in [5.41, 5.74) is 3.75. The van der Waals surface area contributed by atoms with Gasteiger partial charge in [0.15, 0.2) is 0 Å². The monoisotopic (exact) mass is 394 g/mol. The van der Waals surface area contributed by atoms with Crippen LogP contribution in [0.15, 0.2) is 30.5 Å². The van der Waals surface area contributed by atoms with E-state index in [1.807, 2.05) is 29.8 Å². The standard InChI is InChI=1S/C24H34N4O/c1-18-8-6-7-11-23(18)28-19(2)22(16-25-28)24(29)26-21-12-14-27(15-13-21)17-20-9-4-3-5-10-20/h6-8,11,16,20-21H,3-5,9-10,12-15,17H2,1-2H3,(H,26,29). The minimum atomic E-state index is 0.00747. The summed E-state index contributed by atoms with van der Waals surface area (Å²) < 4.78 is 1.87. The number of para-hydroxylation sites is 1. The first kappa shape index (κ1) is 20.1. The molecule has 2 aliphatic rings. The van der Waals surface area contributed by atoms with Gasteiger partial charge in [0, 0.05) is 25.7 Å². The molecule has 0 bridgehead atoms. The summed E-state index contributed by atoms with van der Waals surface area (Å²) in [6.45, 7) is 7.49. The van der Waals surface area contributed by atoms with Gasteiger partial charge in [-0.1, -0.05) is 37.5 Å². The highest BCUT2D eigenvalue weighted by atomic mass is 16.1. The third kappa shape index (κ3) is 4.72. The molecule has 1 saturated carbocycles. The number of likely N-dealkylation sites (tertiary alicyclic amines) is 1. The quantitative estimate of drug-likeness (QED) is 0.824. The molecule has 29 heavy (non-hydrogen) atoms. The van der Waals surface area contributed by atoms with Crippen LogP contribution in [0.4, 0.5) is 0 Å². The van der Waals surface area contributed by atoms with Crippen molar-refractivity contribution in [3.05, 3.63) is 47.3 Å². The number of nitrogens with one attached hydrogen (secondary N) is 1. The fourth-order valence-corrected chi connectivity index (χ4v) is 4.93. The molecule has 2 aromatic rings. The van der Waals surface area contributed by atoms with Crippen LogP contribution in [-0.4, -0.2) is 46.3 Å². The summed E-state index contributed by atoms with van der Waals surface area (Å²) >= 11 is 0. The van der Waals surface area contributed by atoms with Crippen LogP contribution in [-0.2, 0) is 0 Å². The number of aromatic nitrogens is 2. The van der Waals surface area contributed by atoms with Crippen molar-refractivity contribution in [2.45, 2.75) is 64.8 Å². The normalized spacial score (nSPS) is 19.4. The van der Waals surface area contributed by atoms with E-state index in [0.29, 0.717) is 5.56 Å². The maximum Gasteiger partial charge on any atom is 0.254 e. The van der Waals surface area contributed by atoms with Gasteiger partial charge in [-0.25, -0.2) is 4.68 Å². The highest BCUT2D eigenvalue weighted by molar-refractivity contribution is 5.95. The van der Waals surface area contributed by atoms with Crippen LogP contribution in [0.5, 0.6) is 0 Å². The molecule has 0 atom stereocenters. The third-order valence-corrected chi connectivity index (χ3v) is 6.76. The lowest BCUT2D eigenvalue weighted by Gasteiger charge is -2.35. The van der Waals surface area contributed by atoms with Crippen LogP contribution in [0.2, 0.25) is 0 Å². The zero-order chi connectivity index (χ0) is 20.2. The van der Waals surface area contributed by atoms with E-state index in [0.717, 1.165) is 48.8 Å². The maximum atomic E-state index is 12.9. The number of benzene rings is 1. The molecular weight excluding hydrogens is 360 g/mol. The summed E-state index contributed by atoms with van der Waals surface area (Å²) in [4.78, 5) is 15.5. The topological polar surface area (TPSA) is 50.2 Å². The molecule has 0 radical (unpaired) electrons. The SMILES string of the molecule is Cc1ccccc1-n1ncc(C(=O)NC2CCN(CC3CCCCC3)CC2)c1C. The van der Waals surface area contributed by atoms with Crippen LogP contribution in [0.25, 0.3) is 5.69 Å². The minimum absolute atomic E-state index is 0.00747. The molecule has 4 rings (SSSR count). The fourth-order valence-electron chi connectivity index (χ4n) is 4.93. The van der Waals surface area contributed by atoms with Crippen molar-refractivity contribution < 1.29 is 4.79 Å². The number of rotatable bonds is 5. The molecule has 2 fully saturated rings. The Hall–Kier alpha value is -2.14. The summed E-state index contributed by atoms with van der Waals surface area (Å²) in [6, 6.07) is 8.40. The van der Waals surface area contributed by atoms with Crippen molar-refractivity contribution in [1.29, 1.82) is 0 Å². The van der Waals surface area contributed by atoms with Crippen LogP contribution < -0.4 is 5.32 Å². The zero-order valence-electron chi connectivity index (χ0n) is 17.9. The molecule has 0 spiro atoms. The smallest absolute Gasteiger partial charge is 0.254 e. The molecule has 1 N–H and O–H groups in total. The number of hydrogen-bond donors (Lipinski definition) is 1. The van der Waals surface area contributed by atoms with Crippen molar-refractivity contribution in [3.8, 4) is 5.69 Å². The molecular formula is C24H34N4O. The molecule has 1 aliphatic heterocycles. The van der Waals surface area contributed by atoms with Crippen molar-refractivity contribution in [2.24, 2.45) is 5.92 Å². The van der Waals surface area contributed by atoms with Gasteiger partial charge in [-0.2, -0.15) is 5.10 Å². The Balaban J connectivity index is 1.32. The van der Waals surface area contributed by atoms with Crippen LogP contribution in [0.1, 0.15) is 66.6 Å². The average Bonchev–Trinajstić information content (AvgIpc) is 3.12. The summed E-state index contributed by atoms with van der Waals surface area (Å²) in [5, 5.41) is 7.75. The van der Waals surface area contributed by atoms with Crippen molar-refractivity contribution in [2.75, 3.05) is 19.6 Å². The predicted molar refractivity (Wildman–Crippen MR) is 117 cm³/mol. The molecule has 1 saturated heterocycles. The van der Waals surface area contributed by atoms with Crippen molar-refractivity contribution >= 4 is 5.91 Å². The van der Waals surface area contributed by atoms with Gasteiger partial charge in [0.1, 0.15) is 0 Å². The summed E-state index contributed by atoms with van der Waals surface area (Å²) in [5.74, 6) is 0.901. The van der Waals surface area contributed by atoms with E-state index in [4.69, 9.17) is 0 Å². The second-order valence-electron chi connectivity index (χ2n) is 8.89. The number of aryl methyl sites for hydroxylation is 1. The highest BCUT2D eigenvalue weighted by Gasteiger charge is 2.25. The minimum Gasteiger partial charge on any atom is -0.349 e.